The van der Waals surface area contributed by atoms with Gasteiger partial charge in [0.2, 0.25) is 0 Å². The summed E-state index contributed by atoms with van der Waals surface area (Å²) < 4.78 is 7.08. The van der Waals surface area contributed by atoms with Gasteiger partial charge in [-0.15, -0.1) is 0 Å². The standard InChI is InChI=1S/C18H20N4O/c1-22-18(15(12-19)16-5-3-4-10-20-16)11-17(21-22)13-6-8-14(23-2)9-7-13/h3-11,15H,12,19H2,1-2H3. The van der Waals surface area contributed by atoms with Gasteiger partial charge in [-0.25, -0.2) is 0 Å². The highest BCUT2D eigenvalue weighted by Gasteiger charge is 2.19. The van der Waals surface area contributed by atoms with Crippen molar-refractivity contribution >= 4 is 0 Å². The second-order valence-electron chi connectivity index (χ2n) is 5.35. The molecule has 0 aliphatic heterocycles. The molecule has 0 amide bonds. The Balaban J connectivity index is 1.96. The van der Waals surface area contributed by atoms with E-state index in [9.17, 15) is 0 Å². The summed E-state index contributed by atoms with van der Waals surface area (Å²) in [6, 6.07) is 15.8. The molecule has 1 atom stereocenters. The first-order valence-electron chi connectivity index (χ1n) is 7.52. The van der Waals surface area contributed by atoms with E-state index in [1.165, 1.54) is 0 Å². The molecule has 1 aromatic carbocycles. The molecule has 0 aliphatic carbocycles. The molecule has 0 fully saturated rings. The zero-order valence-electron chi connectivity index (χ0n) is 13.3. The molecule has 3 aromatic rings. The zero-order valence-corrected chi connectivity index (χ0v) is 13.3. The van der Waals surface area contributed by atoms with Gasteiger partial charge in [-0.1, -0.05) is 6.07 Å². The number of nitrogens with zero attached hydrogens (tertiary/aromatic N) is 3. The Bertz CT molecular complexity index is 765. The maximum Gasteiger partial charge on any atom is 0.118 e. The van der Waals surface area contributed by atoms with E-state index >= 15 is 0 Å². The summed E-state index contributed by atoms with van der Waals surface area (Å²) in [5.41, 5.74) is 9.97. The number of ether oxygens (including phenoxy) is 1. The lowest BCUT2D eigenvalue weighted by Gasteiger charge is -2.14. The molecule has 118 valence electrons. The molecule has 0 spiro atoms. The quantitative estimate of drug-likeness (QED) is 0.787. The van der Waals surface area contributed by atoms with E-state index in [4.69, 9.17) is 10.5 Å². The number of methoxy groups -OCH3 is 1. The first-order valence-corrected chi connectivity index (χ1v) is 7.52. The normalized spacial score (nSPS) is 12.1. The number of rotatable bonds is 5. The van der Waals surface area contributed by atoms with E-state index in [1.807, 2.05) is 54.2 Å². The van der Waals surface area contributed by atoms with Crippen LogP contribution in [0.4, 0.5) is 0 Å². The molecule has 0 radical (unpaired) electrons. The summed E-state index contributed by atoms with van der Waals surface area (Å²) >= 11 is 0. The van der Waals surface area contributed by atoms with Crippen LogP contribution in [0.5, 0.6) is 5.75 Å². The number of nitrogens with two attached hydrogens (primary N) is 1. The first kappa shape index (κ1) is 15.2. The zero-order chi connectivity index (χ0) is 16.2. The molecule has 0 bridgehead atoms. The van der Waals surface area contributed by atoms with Gasteiger partial charge in [0.25, 0.3) is 0 Å². The minimum atomic E-state index is 0.0284. The van der Waals surface area contributed by atoms with Gasteiger partial charge in [0.05, 0.1) is 24.4 Å². The fourth-order valence-electron chi connectivity index (χ4n) is 2.69. The van der Waals surface area contributed by atoms with Gasteiger partial charge in [-0.2, -0.15) is 5.10 Å². The summed E-state index contributed by atoms with van der Waals surface area (Å²) in [6.07, 6.45) is 1.79. The lowest BCUT2D eigenvalue weighted by atomic mass is 9.99. The van der Waals surface area contributed by atoms with Crippen LogP contribution in [0.3, 0.4) is 0 Å². The summed E-state index contributed by atoms with van der Waals surface area (Å²) in [6.45, 7) is 0.485. The van der Waals surface area contributed by atoms with Crippen LogP contribution in [0.2, 0.25) is 0 Å². The van der Waals surface area contributed by atoms with Crippen molar-refractivity contribution < 1.29 is 4.74 Å². The molecule has 0 aliphatic rings. The maximum absolute atomic E-state index is 5.99. The average molecular weight is 308 g/mol. The molecule has 5 heteroatoms. The fourth-order valence-corrected chi connectivity index (χ4v) is 2.69. The third kappa shape index (κ3) is 3.10. The van der Waals surface area contributed by atoms with Crippen LogP contribution < -0.4 is 10.5 Å². The van der Waals surface area contributed by atoms with E-state index in [0.29, 0.717) is 6.54 Å². The molecule has 2 aromatic heterocycles. The highest BCUT2D eigenvalue weighted by atomic mass is 16.5. The van der Waals surface area contributed by atoms with Crippen LogP contribution in [0.25, 0.3) is 11.3 Å². The van der Waals surface area contributed by atoms with Gasteiger partial charge >= 0.3 is 0 Å². The number of benzene rings is 1. The van der Waals surface area contributed by atoms with Crippen LogP contribution in [-0.4, -0.2) is 28.4 Å². The molecule has 5 nitrogen and oxygen atoms in total. The Morgan fingerprint density at radius 2 is 1.96 bits per heavy atom. The third-order valence-corrected chi connectivity index (χ3v) is 3.94. The topological polar surface area (TPSA) is 66.0 Å². The van der Waals surface area contributed by atoms with Crippen molar-refractivity contribution in [2.75, 3.05) is 13.7 Å². The molecular formula is C18H20N4O. The molecule has 0 saturated heterocycles. The van der Waals surface area contributed by atoms with Crippen LogP contribution in [0.15, 0.2) is 54.7 Å². The Labute approximate surface area is 135 Å². The highest BCUT2D eigenvalue weighted by Crippen LogP contribution is 2.27. The Kier molecular flexibility index (Phi) is 4.39. The van der Waals surface area contributed by atoms with Crippen molar-refractivity contribution in [2.45, 2.75) is 5.92 Å². The summed E-state index contributed by atoms with van der Waals surface area (Å²) in [7, 11) is 3.60. The van der Waals surface area contributed by atoms with E-state index < -0.39 is 0 Å². The van der Waals surface area contributed by atoms with E-state index in [-0.39, 0.29) is 5.92 Å². The molecule has 1 unspecified atom stereocenters. The van der Waals surface area contributed by atoms with E-state index in [2.05, 4.69) is 16.1 Å². The second kappa shape index (κ2) is 6.62. The predicted octanol–water partition coefficient (Wildman–Crippen LogP) is 2.58. The molecule has 2 heterocycles. The van der Waals surface area contributed by atoms with Crippen LogP contribution in [0, 0.1) is 0 Å². The number of pyridine rings is 1. The number of hydrogen-bond acceptors (Lipinski definition) is 4. The lowest BCUT2D eigenvalue weighted by Crippen LogP contribution is -2.18. The van der Waals surface area contributed by atoms with Crippen LogP contribution >= 0.6 is 0 Å². The van der Waals surface area contributed by atoms with Crippen LogP contribution in [0.1, 0.15) is 17.3 Å². The monoisotopic (exact) mass is 308 g/mol. The number of aryl methyl sites for hydroxylation is 1. The van der Waals surface area contributed by atoms with Gasteiger partial charge in [-0.3, -0.25) is 9.67 Å². The van der Waals surface area contributed by atoms with Crippen molar-refractivity contribution in [1.29, 1.82) is 0 Å². The average Bonchev–Trinajstić information content (AvgIpc) is 2.98. The Morgan fingerprint density at radius 3 is 2.57 bits per heavy atom. The molecule has 23 heavy (non-hydrogen) atoms. The van der Waals surface area contributed by atoms with Gasteiger partial charge < -0.3 is 10.5 Å². The first-order chi connectivity index (χ1) is 11.2. The van der Waals surface area contributed by atoms with Gasteiger partial charge in [0.15, 0.2) is 0 Å². The lowest BCUT2D eigenvalue weighted by molar-refractivity contribution is 0.415. The number of aromatic nitrogens is 3. The van der Waals surface area contributed by atoms with Gasteiger partial charge in [0, 0.05) is 31.0 Å². The number of hydrogen-bond donors (Lipinski definition) is 1. The SMILES string of the molecule is COc1ccc(-c2cc(C(CN)c3ccccn3)n(C)n2)cc1. The summed E-state index contributed by atoms with van der Waals surface area (Å²) in [5.74, 6) is 0.860. The van der Waals surface area contributed by atoms with Crippen molar-refractivity contribution in [1.82, 2.24) is 14.8 Å². The summed E-state index contributed by atoms with van der Waals surface area (Å²) in [4.78, 5) is 4.43. The molecular weight excluding hydrogens is 288 g/mol. The van der Waals surface area contributed by atoms with Crippen LogP contribution in [-0.2, 0) is 7.05 Å². The summed E-state index contributed by atoms with van der Waals surface area (Å²) in [5, 5.41) is 4.62. The fraction of sp³-hybridized carbons (Fsp3) is 0.222. The van der Waals surface area contributed by atoms with Crippen molar-refractivity contribution in [3.8, 4) is 17.0 Å². The van der Waals surface area contributed by atoms with Crippen molar-refractivity contribution in [3.05, 3.63) is 66.1 Å². The Morgan fingerprint density at radius 1 is 1.17 bits per heavy atom. The molecule has 0 saturated carbocycles. The minimum absolute atomic E-state index is 0.0284. The van der Waals surface area contributed by atoms with Gasteiger partial charge in [0.1, 0.15) is 5.75 Å². The molecule has 3 rings (SSSR count). The van der Waals surface area contributed by atoms with Crippen molar-refractivity contribution in [2.24, 2.45) is 12.8 Å². The van der Waals surface area contributed by atoms with Crippen molar-refractivity contribution in [3.63, 3.8) is 0 Å². The second-order valence-corrected chi connectivity index (χ2v) is 5.35. The largest absolute Gasteiger partial charge is 0.497 e. The van der Waals surface area contributed by atoms with E-state index in [1.54, 1.807) is 13.3 Å². The minimum Gasteiger partial charge on any atom is -0.497 e. The Hall–Kier alpha value is -2.66. The van der Waals surface area contributed by atoms with Gasteiger partial charge in [-0.05, 0) is 42.5 Å². The molecule has 2 N–H and O–H groups in total. The smallest absolute Gasteiger partial charge is 0.118 e. The third-order valence-electron chi connectivity index (χ3n) is 3.94. The maximum atomic E-state index is 5.99. The predicted molar refractivity (Wildman–Crippen MR) is 90.3 cm³/mol. The highest BCUT2D eigenvalue weighted by molar-refractivity contribution is 5.60. The van der Waals surface area contributed by atoms with E-state index in [0.717, 1.165) is 28.4 Å².